The van der Waals surface area contributed by atoms with Crippen molar-refractivity contribution >= 4 is 62.4 Å². The van der Waals surface area contributed by atoms with Gasteiger partial charge in [0.1, 0.15) is 18.3 Å². The van der Waals surface area contributed by atoms with Crippen molar-refractivity contribution in [3.8, 4) is 0 Å². The second-order valence-corrected chi connectivity index (χ2v) is 13.9. The Labute approximate surface area is 255 Å². The summed E-state index contributed by atoms with van der Waals surface area (Å²) in [6.07, 6.45) is 7.00. The molecule has 2 aromatic heterocycles. The third-order valence-electron chi connectivity index (χ3n) is 8.74. The predicted molar refractivity (Wildman–Crippen MR) is 160 cm³/mol. The summed E-state index contributed by atoms with van der Waals surface area (Å²) < 4.78 is 1.97. The molecule has 13 heteroatoms. The minimum Gasteiger partial charge on any atom is -0.353 e. The highest BCUT2D eigenvalue weighted by atomic mass is 79.9. The van der Waals surface area contributed by atoms with E-state index in [-0.39, 0.29) is 37.0 Å². The van der Waals surface area contributed by atoms with Gasteiger partial charge >= 0.3 is 0 Å². The first-order valence-electron chi connectivity index (χ1n) is 14.2. The molecule has 4 bridgehead atoms. The number of nitrogens with zero attached hydrogens (tertiary/aromatic N) is 1. The number of nitrogens with one attached hydrogen (secondary N) is 4. The molecule has 4 fully saturated rings. The van der Waals surface area contributed by atoms with E-state index in [1.807, 2.05) is 0 Å². The van der Waals surface area contributed by atoms with Gasteiger partial charge in [0.15, 0.2) is 0 Å². The first-order chi connectivity index (χ1) is 20.1. The van der Waals surface area contributed by atoms with Crippen molar-refractivity contribution in [2.24, 2.45) is 23.7 Å². The SMILES string of the molecule is CNC(=O)C(=O)CC[C@H](NC(=O)c1csc(Br)c1)C(=O)Nc1cccn(CC(=O)NC2C3CC4CC(C3)CC2C4)c1=O. The molecule has 0 spiro atoms. The molecule has 2 aromatic rings. The van der Waals surface area contributed by atoms with Crippen LogP contribution < -0.4 is 26.8 Å². The molecule has 0 unspecified atom stereocenters. The number of anilines is 1. The number of halogens is 1. The molecule has 4 N–H and O–H groups in total. The van der Waals surface area contributed by atoms with Crippen LogP contribution in [0.4, 0.5) is 5.69 Å². The van der Waals surface area contributed by atoms with Gasteiger partial charge < -0.3 is 25.8 Å². The Balaban J connectivity index is 1.24. The summed E-state index contributed by atoms with van der Waals surface area (Å²) in [5.41, 5.74) is -0.325. The Morgan fingerprint density at radius 1 is 1.07 bits per heavy atom. The average molecular weight is 661 g/mol. The van der Waals surface area contributed by atoms with Crippen LogP contribution in [0.3, 0.4) is 0 Å². The normalized spacial score (nSPS) is 24.5. The van der Waals surface area contributed by atoms with Gasteiger partial charge in [0.2, 0.25) is 17.6 Å². The molecule has 224 valence electrons. The highest BCUT2D eigenvalue weighted by Crippen LogP contribution is 2.53. The second kappa shape index (κ2) is 12.9. The third-order valence-corrected chi connectivity index (χ3v) is 10.2. The Bertz CT molecular complexity index is 1430. The number of Topliss-reactive ketones (excluding diaryl/α,β-unsaturated/α-hetero) is 1. The number of aromatic nitrogens is 1. The van der Waals surface area contributed by atoms with Gasteiger partial charge in [-0.3, -0.25) is 28.8 Å². The van der Waals surface area contributed by atoms with Gasteiger partial charge in [-0.25, -0.2) is 0 Å². The van der Waals surface area contributed by atoms with Crippen LogP contribution in [0.5, 0.6) is 0 Å². The monoisotopic (exact) mass is 659 g/mol. The number of carbonyl (C=O) groups is 5. The smallest absolute Gasteiger partial charge is 0.287 e. The van der Waals surface area contributed by atoms with Crippen LogP contribution in [-0.4, -0.2) is 53.1 Å². The molecule has 4 aliphatic rings. The minimum atomic E-state index is -1.21. The number of rotatable bonds is 11. The largest absolute Gasteiger partial charge is 0.353 e. The van der Waals surface area contributed by atoms with E-state index in [0.29, 0.717) is 17.4 Å². The van der Waals surface area contributed by atoms with Crippen LogP contribution in [0.1, 0.15) is 55.3 Å². The first-order valence-corrected chi connectivity index (χ1v) is 15.9. The highest BCUT2D eigenvalue weighted by Gasteiger charge is 2.48. The van der Waals surface area contributed by atoms with E-state index in [2.05, 4.69) is 37.2 Å². The first kappa shape index (κ1) is 30.1. The number of carbonyl (C=O) groups excluding carboxylic acids is 5. The molecule has 4 amide bonds. The number of likely N-dealkylation sites (N-methyl/N-ethyl adjacent to an activating group) is 1. The molecule has 6 rings (SSSR count). The van der Waals surface area contributed by atoms with Crippen molar-refractivity contribution in [1.29, 1.82) is 0 Å². The van der Waals surface area contributed by atoms with Gasteiger partial charge in [0.25, 0.3) is 17.4 Å². The van der Waals surface area contributed by atoms with Crippen molar-refractivity contribution in [2.45, 2.75) is 63.6 Å². The molecule has 1 atom stereocenters. The quantitative estimate of drug-likeness (QED) is 0.272. The van der Waals surface area contributed by atoms with Crippen LogP contribution in [-0.2, 0) is 25.7 Å². The Kier molecular flexibility index (Phi) is 9.26. The molecule has 11 nitrogen and oxygen atoms in total. The van der Waals surface area contributed by atoms with Gasteiger partial charge in [0, 0.05) is 31.1 Å². The lowest BCUT2D eigenvalue weighted by Gasteiger charge is -2.54. The molecular formula is C29H34BrN5O6S. The molecule has 4 aliphatic carbocycles. The zero-order chi connectivity index (χ0) is 30.0. The molecule has 4 saturated carbocycles. The number of hydrogen-bond acceptors (Lipinski definition) is 7. The average Bonchev–Trinajstić information content (AvgIpc) is 3.40. The van der Waals surface area contributed by atoms with Crippen LogP contribution in [0, 0.1) is 23.7 Å². The van der Waals surface area contributed by atoms with Gasteiger partial charge in [-0.1, -0.05) is 0 Å². The van der Waals surface area contributed by atoms with Gasteiger partial charge in [-0.2, -0.15) is 0 Å². The molecule has 0 aromatic carbocycles. The molecule has 2 heterocycles. The Morgan fingerprint density at radius 2 is 1.76 bits per heavy atom. The lowest BCUT2D eigenvalue weighted by Crippen LogP contribution is -2.56. The van der Waals surface area contributed by atoms with E-state index >= 15 is 0 Å². The lowest BCUT2D eigenvalue weighted by molar-refractivity contribution is -0.137. The topological polar surface area (TPSA) is 155 Å². The van der Waals surface area contributed by atoms with E-state index < -0.39 is 35.1 Å². The van der Waals surface area contributed by atoms with Crippen LogP contribution in [0.15, 0.2) is 38.4 Å². The molecule has 42 heavy (non-hydrogen) atoms. The maximum atomic E-state index is 13.3. The van der Waals surface area contributed by atoms with Crippen LogP contribution >= 0.6 is 27.3 Å². The van der Waals surface area contributed by atoms with Crippen molar-refractivity contribution in [3.05, 3.63) is 49.5 Å². The van der Waals surface area contributed by atoms with E-state index in [0.717, 1.165) is 41.3 Å². The number of ketones is 1. The van der Waals surface area contributed by atoms with Gasteiger partial charge in [-0.15, -0.1) is 11.3 Å². The lowest BCUT2D eigenvalue weighted by atomic mass is 9.54. The summed E-state index contributed by atoms with van der Waals surface area (Å²) in [6.45, 7) is -0.181. The summed E-state index contributed by atoms with van der Waals surface area (Å²) in [6, 6.07) is 3.50. The van der Waals surface area contributed by atoms with E-state index in [4.69, 9.17) is 0 Å². The third kappa shape index (κ3) is 6.83. The van der Waals surface area contributed by atoms with Crippen molar-refractivity contribution in [3.63, 3.8) is 0 Å². The fourth-order valence-corrected chi connectivity index (χ4v) is 8.13. The summed E-state index contributed by atoms with van der Waals surface area (Å²) in [5, 5.41) is 12.2. The molecule has 0 saturated heterocycles. The predicted octanol–water partition coefficient (Wildman–Crippen LogP) is 2.45. The summed E-state index contributed by atoms with van der Waals surface area (Å²) in [7, 11) is 1.32. The van der Waals surface area contributed by atoms with E-state index in [1.54, 1.807) is 17.5 Å². The van der Waals surface area contributed by atoms with Crippen molar-refractivity contribution < 1.29 is 24.0 Å². The van der Waals surface area contributed by atoms with Crippen molar-refractivity contribution in [1.82, 2.24) is 20.5 Å². The zero-order valence-corrected chi connectivity index (χ0v) is 25.6. The zero-order valence-electron chi connectivity index (χ0n) is 23.2. The Morgan fingerprint density at radius 3 is 2.38 bits per heavy atom. The van der Waals surface area contributed by atoms with Gasteiger partial charge in [-0.05, 0) is 96.3 Å². The fourth-order valence-electron chi connectivity index (χ4n) is 6.99. The number of hydrogen-bond donors (Lipinski definition) is 4. The number of amides is 4. The second-order valence-electron chi connectivity index (χ2n) is 11.6. The van der Waals surface area contributed by atoms with Gasteiger partial charge in [0.05, 0.1) is 9.35 Å². The number of pyridine rings is 1. The minimum absolute atomic E-state index is 0.0694. The molecule has 0 aliphatic heterocycles. The summed E-state index contributed by atoms with van der Waals surface area (Å²) in [4.78, 5) is 76.0. The van der Waals surface area contributed by atoms with Crippen molar-refractivity contribution in [2.75, 3.05) is 12.4 Å². The summed E-state index contributed by atoms with van der Waals surface area (Å²) in [5.74, 6) is -0.479. The van der Waals surface area contributed by atoms with Crippen LogP contribution in [0.25, 0.3) is 0 Å². The molecular weight excluding hydrogens is 626 g/mol. The Hall–Kier alpha value is -3.32. The highest BCUT2D eigenvalue weighted by molar-refractivity contribution is 9.11. The van der Waals surface area contributed by atoms with E-state index in [1.165, 1.54) is 41.6 Å². The van der Waals surface area contributed by atoms with Crippen LogP contribution in [0.2, 0.25) is 0 Å². The van der Waals surface area contributed by atoms with E-state index in [9.17, 15) is 28.8 Å². The maximum Gasteiger partial charge on any atom is 0.287 e. The summed E-state index contributed by atoms with van der Waals surface area (Å²) >= 11 is 4.59. The standard InChI is InChI=1S/C29H34BrN5O6S/c1-31-28(40)22(36)5-4-20(32-26(38)19-12-23(30)42-14-19)27(39)33-21-3-2-6-35(29(21)41)13-24(37)34-25-17-8-15-7-16(10-17)11-18(25)9-15/h2-3,6,12,14-18,20,25H,4-5,7-11,13H2,1H3,(H,31,40)(H,32,38)(H,33,39)(H,34,37)/t15?,16?,17?,18?,20-,25?/m0/s1. The fraction of sp³-hybridized carbons (Fsp3) is 0.517. The molecule has 0 radical (unpaired) electrons. The maximum absolute atomic E-state index is 13.3. The number of thiophene rings is 1.